The number of nitrogen functional groups attached to an aromatic ring is 1. The normalized spacial score (nSPS) is 11.1. The lowest BCUT2D eigenvalue weighted by Gasteiger charge is -2.06. The topological polar surface area (TPSA) is 43.8 Å². The lowest BCUT2D eigenvalue weighted by atomic mass is 10.2. The first-order valence-electron chi connectivity index (χ1n) is 5.73. The van der Waals surface area contributed by atoms with Crippen molar-refractivity contribution in [3.63, 3.8) is 0 Å². The molecule has 0 aliphatic heterocycles. The van der Waals surface area contributed by atoms with Crippen LogP contribution in [0.4, 0.5) is 5.69 Å². The molecule has 0 bridgehead atoms. The number of aromatic nitrogens is 2. The summed E-state index contributed by atoms with van der Waals surface area (Å²) in [4.78, 5) is 4.64. The van der Waals surface area contributed by atoms with Crippen molar-refractivity contribution < 1.29 is 0 Å². The van der Waals surface area contributed by atoms with Gasteiger partial charge in [-0.25, -0.2) is 4.98 Å². The quantitative estimate of drug-likeness (QED) is 0.676. The van der Waals surface area contributed by atoms with Gasteiger partial charge in [0, 0.05) is 27.8 Å². The minimum absolute atomic E-state index is 0.684. The van der Waals surface area contributed by atoms with Crippen molar-refractivity contribution in [2.24, 2.45) is 7.05 Å². The molecule has 2 aromatic carbocycles. The Hall–Kier alpha value is -1.52. The van der Waals surface area contributed by atoms with Crippen LogP contribution in [0, 0.1) is 0 Å². The van der Waals surface area contributed by atoms with E-state index in [1.807, 2.05) is 48.0 Å². The van der Waals surface area contributed by atoms with Crippen LogP contribution in [-0.4, -0.2) is 9.55 Å². The maximum atomic E-state index is 6.00. The monoisotopic (exact) mass is 335 g/mol. The van der Waals surface area contributed by atoms with E-state index in [2.05, 4.69) is 20.9 Å². The van der Waals surface area contributed by atoms with Crippen LogP contribution in [0.25, 0.3) is 22.4 Å². The third kappa shape index (κ3) is 2.11. The third-order valence-corrected chi connectivity index (χ3v) is 4.00. The van der Waals surface area contributed by atoms with E-state index in [1.54, 1.807) is 0 Å². The average Bonchev–Trinajstić information content (AvgIpc) is 2.69. The standard InChI is InChI=1S/C14H11BrClN3/c1-19-13-5-2-8(16)6-12(13)18-14(19)10-7-9(17)3-4-11(10)15/h2-7H,17H2,1H3. The number of hydrogen-bond donors (Lipinski definition) is 1. The van der Waals surface area contributed by atoms with Crippen LogP contribution in [0.5, 0.6) is 0 Å². The molecule has 1 heterocycles. The van der Waals surface area contributed by atoms with Gasteiger partial charge in [-0.05, 0) is 36.4 Å². The van der Waals surface area contributed by atoms with Gasteiger partial charge in [-0.1, -0.05) is 27.5 Å². The highest BCUT2D eigenvalue weighted by molar-refractivity contribution is 9.10. The molecular weight excluding hydrogens is 326 g/mol. The Morgan fingerprint density at radius 2 is 2.00 bits per heavy atom. The van der Waals surface area contributed by atoms with Crippen LogP contribution in [0.2, 0.25) is 5.02 Å². The van der Waals surface area contributed by atoms with Gasteiger partial charge in [0.2, 0.25) is 0 Å². The number of nitrogens with two attached hydrogens (primary N) is 1. The molecule has 5 heteroatoms. The summed E-state index contributed by atoms with van der Waals surface area (Å²) in [7, 11) is 1.98. The summed E-state index contributed by atoms with van der Waals surface area (Å²) in [6.07, 6.45) is 0. The molecule has 3 rings (SSSR count). The van der Waals surface area contributed by atoms with Crippen molar-refractivity contribution in [1.82, 2.24) is 9.55 Å². The molecule has 96 valence electrons. The van der Waals surface area contributed by atoms with Crippen molar-refractivity contribution in [2.45, 2.75) is 0 Å². The summed E-state index contributed by atoms with van der Waals surface area (Å²) in [5.74, 6) is 0.858. The summed E-state index contributed by atoms with van der Waals surface area (Å²) in [5, 5.41) is 0.684. The lowest BCUT2D eigenvalue weighted by Crippen LogP contribution is -1.94. The highest BCUT2D eigenvalue weighted by Gasteiger charge is 2.13. The predicted octanol–water partition coefficient (Wildman–Crippen LogP) is 4.24. The lowest BCUT2D eigenvalue weighted by molar-refractivity contribution is 0.958. The van der Waals surface area contributed by atoms with Gasteiger partial charge < -0.3 is 10.3 Å². The number of hydrogen-bond acceptors (Lipinski definition) is 2. The van der Waals surface area contributed by atoms with Crippen LogP contribution in [-0.2, 0) is 7.05 Å². The van der Waals surface area contributed by atoms with Gasteiger partial charge >= 0.3 is 0 Å². The van der Waals surface area contributed by atoms with Crippen molar-refractivity contribution in [1.29, 1.82) is 0 Å². The van der Waals surface area contributed by atoms with Gasteiger partial charge in [-0.15, -0.1) is 0 Å². The van der Waals surface area contributed by atoms with E-state index in [-0.39, 0.29) is 0 Å². The van der Waals surface area contributed by atoms with Gasteiger partial charge in [-0.3, -0.25) is 0 Å². The molecule has 3 aromatic rings. The minimum atomic E-state index is 0.684. The van der Waals surface area contributed by atoms with Crippen LogP contribution in [0.15, 0.2) is 40.9 Å². The molecule has 1 aromatic heterocycles. The Balaban J connectivity index is 2.30. The van der Waals surface area contributed by atoms with E-state index in [9.17, 15) is 0 Å². The van der Waals surface area contributed by atoms with Gasteiger partial charge in [0.15, 0.2) is 0 Å². The molecule has 0 fully saturated rings. The second-order valence-corrected chi connectivity index (χ2v) is 5.66. The number of fused-ring (bicyclic) bond motifs is 1. The van der Waals surface area contributed by atoms with Crippen LogP contribution in [0.1, 0.15) is 0 Å². The number of rotatable bonds is 1. The van der Waals surface area contributed by atoms with Gasteiger partial charge in [0.05, 0.1) is 11.0 Å². The zero-order valence-electron chi connectivity index (χ0n) is 10.2. The predicted molar refractivity (Wildman–Crippen MR) is 83.3 cm³/mol. The molecule has 0 unspecified atom stereocenters. The largest absolute Gasteiger partial charge is 0.399 e. The Bertz CT molecular complexity index is 780. The summed E-state index contributed by atoms with van der Waals surface area (Å²) in [6.45, 7) is 0. The first kappa shape index (κ1) is 12.5. The van der Waals surface area contributed by atoms with E-state index in [4.69, 9.17) is 17.3 Å². The van der Waals surface area contributed by atoms with E-state index in [0.29, 0.717) is 10.7 Å². The summed E-state index contributed by atoms with van der Waals surface area (Å²) < 4.78 is 3.00. The second kappa shape index (κ2) is 4.54. The number of nitrogens with zero attached hydrogens (tertiary/aromatic N) is 2. The smallest absolute Gasteiger partial charge is 0.142 e. The van der Waals surface area contributed by atoms with Gasteiger partial charge in [-0.2, -0.15) is 0 Å². The van der Waals surface area contributed by atoms with Crippen LogP contribution >= 0.6 is 27.5 Å². The van der Waals surface area contributed by atoms with E-state index >= 15 is 0 Å². The highest BCUT2D eigenvalue weighted by Crippen LogP contribution is 2.32. The van der Waals surface area contributed by atoms with Crippen LogP contribution in [0.3, 0.4) is 0 Å². The van der Waals surface area contributed by atoms with Crippen molar-refractivity contribution in [3.8, 4) is 11.4 Å². The first-order valence-corrected chi connectivity index (χ1v) is 6.91. The molecule has 0 amide bonds. The SMILES string of the molecule is Cn1c(-c2cc(N)ccc2Br)nc2cc(Cl)ccc21. The first-order chi connectivity index (χ1) is 9.06. The molecule has 0 saturated carbocycles. The van der Waals surface area contributed by atoms with Crippen molar-refractivity contribution in [3.05, 3.63) is 45.9 Å². The summed E-state index contributed by atoms with van der Waals surface area (Å²) >= 11 is 9.54. The molecule has 0 radical (unpaired) electrons. The molecule has 2 N–H and O–H groups in total. The third-order valence-electron chi connectivity index (χ3n) is 3.07. The number of halogens is 2. The Kier molecular flexibility index (Phi) is 2.99. The molecule has 0 atom stereocenters. The maximum absolute atomic E-state index is 6.00. The molecule has 0 aliphatic carbocycles. The molecule has 0 aliphatic rings. The number of anilines is 1. The van der Waals surface area contributed by atoms with E-state index in [1.165, 1.54) is 0 Å². The van der Waals surface area contributed by atoms with E-state index in [0.717, 1.165) is 26.9 Å². The zero-order valence-corrected chi connectivity index (χ0v) is 12.5. The second-order valence-electron chi connectivity index (χ2n) is 4.37. The Labute approximate surface area is 124 Å². The van der Waals surface area contributed by atoms with Crippen molar-refractivity contribution >= 4 is 44.3 Å². The van der Waals surface area contributed by atoms with Crippen molar-refractivity contribution in [2.75, 3.05) is 5.73 Å². The number of imidazole rings is 1. The number of benzene rings is 2. The minimum Gasteiger partial charge on any atom is -0.399 e. The Morgan fingerprint density at radius 3 is 2.79 bits per heavy atom. The zero-order chi connectivity index (χ0) is 13.6. The van der Waals surface area contributed by atoms with Gasteiger partial charge in [0.25, 0.3) is 0 Å². The molecule has 0 saturated heterocycles. The summed E-state index contributed by atoms with van der Waals surface area (Å²) in [5.41, 5.74) is 9.44. The highest BCUT2D eigenvalue weighted by atomic mass is 79.9. The fraction of sp³-hybridized carbons (Fsp3) is 0.0714. The fourth-order valence-corrected chi connectivity index (χ4v) is 2.72. The molecule has 0 spiro atoms. The number of aryl methyl sites for hydroxylation is 1. The summed E-state index contributed by atoms with van der Waals surface area (Å²) in [6, 6.07) is 11.4. The Morgan fingerprint density at radius 1 is 1.21 bits per heavy atom. The van der Waals surface area contributed by atoms with E-state index < -0.39 is 0 Å². The van der Waals surface area contributed by atoms with Crippen LogP contribution < -0.4 is 5.73 Å². The fourth-order valence-electron chi connectivity index (χ4n) is 2.13. The molecule has 3 nitrogen and oxygen atoms in total. The molecular formula is C14H11BrClN3. The molecule has 19 heavy (non-hydrogen) atoms. The van der Waals surface area contributed by atoms with Gasteiger partial charge in [0.1, 0.15) is 5.82 Å². The average molecular weight is 337 g/mol. The maximum Gasteiger partial charge on any atom is 0.142 e.